The summed E-state index contributed by atoms with van der Waals surface area (Å²) in [6, 6.07) is 6.83. The number of thiazole rings is 1. The van der Waals surface area contributed by atoms with Crippen LogP contribution in [0.3, 0.4) is 0 Å². The quantitative estimate of drug-likeness (QED) is 0.807. The highest BCUT2D eigenvalue weighted by Crippen LogP contribution is 2.05. The zero-order valence-corrected chi connectivity index (χ0v) is 9.64. The first-order chi connectivity index (χ1) is 7.86. The van der Waals surface area contributed by atoms with Crippen molar-refractivity contribution in [2.24, 2.45) is 0 Å². The molecule has 0 saturated carbocycles. The number of halogens is 1. The molecule has 0 aliphatic heterocycles. The van der Waals surface area contributed by atoms with E-state index in [1.54, 1.807) is 23.5 Å². The minimum absolute atomic E-state index is 0.149. The Bertz CT molecular complexity index is 428. The number of nitrogens with zero attached hydrogens (tertiary/aromatic N) is 1. The molecule has 2 nitrogen and oxygen atoms in total. The van der Waals surface area contributed by atoms with Gasteiger partial charge in [-0.25, -0.2) is 9.37 Å². The summed E-state index contributed by atoms with van der Waals surface area (Å²) >= 11 is 1.60. The summed E-state index contributed by atoms with van der Waals surface area (Å²) in [5.74, 6) is -0.149. The maximum Gasteiger partial charge on any atom is 0.127 e. The van der Waals surface area contributed by atoms with Crippen LogP contribution in [-0.2, 0) is 13.0 Å². The molecular formula is C12H13FN2S. The van der Waals surface area contributed by atoms with E-state index in [-0.39, 0.29) is 5.82 Å². The molecule has 0 radical (unpaired) electrons. The van der Waals surface area contributed by atoms with E-state index < -0.39 is 0 Å². The minimum Gasteiger partial charge on any atom is -0.312 e. The molecule has 0 aliphatic carbocycles. The lowest BCUT2D eigenvalue weighted by atomic mass is 10.2. The molecule has 2 aromatic rings. The molecule has 0 atom stereocenters. The van der Waals surface area contributed by atoms with Gasteiger partial charge in [0.05, 0.1) is 11.2 Å². The summed E-state index contributed by atoms with van der Waals surface area (Å²) in [5, 5.41) is 5.24. The lowest BCUT2D eigenvalue weighted by Gasteiger charge is -2.04. The van der Waals surface area contributed by atoms with E-state index >= 15 is 0 Å². The zero-order valence-electron chi connectivity index (χ0n) is 8.82. The fourth-order valence-corrected chi connectivity index (χ4v) is 2.04. The van der Waals surface area contributed by atoms with Crippen molar-refractivity contribution in [1.82, 2.24) is 10.3 Å². The molecule has 16 heavy (non-hydrogen) atoms. The Balaban J connectivity index is 1.74. The summed E-state index contributed by atoms with van der Waals surface area (Å²) in [6.07, 6.45) is 0.887. The average molecular weight is 236 g/mol. The van der Waals surface area contributed by atoms with Gasteiger partial charge < -0.3 is 5.32 Å². The number of benzene rings is 1. The predicted molar refractivity (Wildman–Crippen MR) is 63.9 cm³/mol. The smallest absolute Gasteiger partial charge is 0.127 e. The molecule has 1 heterocycles. The number of aromatic nitrogens is 1. The van der Waals surface area contributed by atoms with Crippen molar-refractivity contribution in [3.05, 3.63) is 52.2 Å². The van der Waals surface area contributed by atoms with Crippen LogP contribution in [0.5, 0.6) is 0 Å². The topological polar surface area (TPSA) is 24.9 Å². The second-order valence-corrected chi connectivity index (χ2v) is 4.22. The number of hydrogen-bond donors (Lipinski definition) is 1. The Labute approximate surface area is 98.2 Å². The maximum absolute atomic E-state index is 13.2. The molecule has 84 valence electrons. The molecule has 0 spiro atoms. The van der Waals surface area contributed by atoms with Crippen LogP contribution < -0.4 is 5.32 Å². The standard InChI is InChI=1S/C12H13FN2S/c13-12-4-2-1-3-10(12)7-14-6-5-11-8-16-9-15-11/h1-4,8-9,14H,5-7H2. The highest BCUT2D eigenvalue weighted by molar-refractivity contribution is 7.07. The van der Waals surface area contributed by atoms with Crippen molar-refractivity contribution in [3.8, 4) is 0 Å². The van der Waals surface area contributed by atoms with E-state index in [4.69, 9.17) is 0 Å². The Morgan fingerprint density at radius 1 is 1.31 bits per heavy atom. The van der Waals surface area contributed by atoms with Crippen molar-refractivity contribution in [2.75, 3.05) is 6.54 Å². The van der Waals surface area contributed by atoms with Crippen LogP contribution in [0.25, 0.3) is 0 Å². The molecular weight excluding hydrogens is 223 g/mol. The van der Waals surface area contributed by atoms with Gasteiger partial charge in [-0.2, -0.15) is 0 Å². The van der Waals surface area contributed by atoms with Crippen LogP contribution in [0.15, 0.2) is 35.2 Å². The van der Waals surface area contributed by atoms with E-state index in [9.17, 15) is 4.39 Å². The molecule has 0 aliphatic rings. The van der Waals surface area contributed by atoms with Crippen LogP contribution in [0.2, 0.25) is 0 Å². The van der Waals surface area contributed by atoms with Gasteiger partial charge in [0.2, 0.25) is 0 Å². The number of rotatable bonds is 5. The number of nitrogens with one attached hydrogen (secondary N) is 1. The third kappa shape index (κ3) is 3.12. The normalized spacial score (nSPS) is 10.6. The summed E-state index contributed by atoms with van der Waals surface area (Å²) in [6.45, 7) is 1.38. The maximum atomic E-state index is 13.2. The third-order valence-corrected chi connectivity index (χ3v) is 2.95. The summed E-state index contributed by atoms with van der Waals surface area (Å²) in [7, 11) is 0. The molecule has 1 aromatic carbocycles. The van der Waals surface area contributed by atoms with Gasteiger partial charge in [0.25, 0.3) is 0 Å². The van der Waals surface area contributed by atoms with Gasteiger partial charge in [0.15, 0.2) is 0 Å². The lowest BCUT2D eigenvalue weighted by Crippen LogP contribution is -2.17. The molecule has 0 bridgehead atoms. The fraction of sp³-hybridized carbons (Fsp3) is 0.250. The Kier molecular flexibility index (Phi) is 4.02. The molecule has 2 rings (SSSR count). The Hall–Kier alpha value is -1.26. The van der Waals surface area contributed by atoms with Gasteiger partial charge in [-0.1, -0.05) is 18.2 Å². The summed E-state index contributed by atoms with van der Waals surface area (Å²) in [4.78, 5) is 4.18. The van der Waals surface area contributed by atoms with E-state index in [1.807, 2.05) is 17.0 Å². The van der Waals surface area contributed by atoms with E-state index in [0.717, 1.165) is 18.7 Å². The second kappa shape index (κ2) is 5.72. The van der Waals surface area contributed by atoms with Crippen LogP contribution in [-0.4, -0.2) is 11.5 Å². The molecule has 0 amide bonds. The fourth-order valence-electron chi connectivity index (χ4n) is 1.44. The predicted octanol–water partition coefficient (Wildman–Crippen LogP) is 2.61. The van der Waals surface area contributed by atoms with Crippen LogP contribution in [0, 0.1) is 5.82 Å². The van der Waals surface area contributed by atoms with Gasteiger partial charge in [0, 0.05) is 30.5 Å². The first-order valence-corrected chi connectivity index (χ1v) is 6.12. The number of hydrogen-bond acceptors (Lipinski definition) is 3. The highest BCUT2D eigenvalue weighted by Gasteiger charge is 1.99. The van der Waals surface area contributed by atoms with Gasteiger partial charge in [0.1, 0.15) is 5.82 Å². The van der Waals surface area contributed by atoms with Crippen molar-refractivity contribution in [1.29, 1.82) is 0 Å². The molecule has 1 aromatic heterocycles. The van der Waals surface area contributed by atoms with Crippen molar-refractivity contribution >= 4 is 11.3 Å². The Morgan fingerprint density at radius 3 is 2.94 bits per heavy atom. The lowest BCUT2D eigenvalue weighted by molar-refractivity contribution is 0.588. The highest BCUT2D eigenvalue weighted by atomic mass is 32.1. The average Bonchev–Trinajstić information content (AvgIpc) is 2.79. The van der Waals surface area contributed by atoms with Crippen LogP contribution >= 0.6 is 11.3 Å². The van der Waals surface area contributed by atoms with Crippen LogP contribution in [0.4, 0.5) is 4.39 Å². The second-order valence-electron chi connectivity index (χ2n) is 3.50. The van der Waals surface area contributed by atoms with E-state index in [1.165, 1.54) is 6.07 Å². The zero-order chi connectivity index (χ0) is 11.2. The van der Waals surface area contributed by atoms with Crippen molar-refractivity contribution in [3.63, 3.8) is 0 Å². The first-order valence-electron chi connectivity index (χ1n) is 5.17. The summed E-state index contributed by atoms with van der Waals surface area (Å²) < 4.78 is 13.2. The van der Waals surface area contributed by atoms with Gasteiger partial charge >= 0.3 is 0 Å². The van der Waals surface area contributed by atoms with Gasteiger partial charge in [-0.15, -0.1) is 11.3 Å². The largest absolute Gasteiger partial charge is 0.312 e. The van der Waals surface area contributed by atoms with Gasteiger partial charge in [-0.05, 0) is 6.07 Å². The molecule has 4 heteroatoms. The first kappa shape index (κ1) is 11.2. The van der Waals surface area contributed by atoms with Crippen molar-refractivity contribution < 1.29 is 4.39 Å². The third-order valence-electron chi connectivity index (χ3n) is 2.31. The Morgan fingerprint density at radius 2 is 2.19 bits per heavy atom. The molecule has 0 unspecified atom stereocenters. The summed E-state index contributed by atoms with van der Waals surface area (Å²) in [5.41, 5.74) is 3.62. The van der Waals surface area contributed by atoms with Crippen LogP contribution in [0.1, 0.15) is 11.3 Å². The van der Waals surface area contributed by atoms with E-state index in [0.29, 0.717) is 12.1 Å². The van der Waals surface area contributed by atoms with E-state index in [2.05, 4.69) is 10.3 Å². The SMILES string of the molecule is Fc1ccccc1CNCCc1cscn1. The molecule has 0 saturated heterocycles. The van der Waals surface area contributed by atoms with Gasteiger partial charge in [-0.3, -0.25) is 0 Å². The molecule has 1 N–H and O–H groups in total. The minimum atomic E-state index is -0.149. The van der Waals surface area contributed by atoms with Crippen molar-refractivity contribution in [2.45, 2.75) is 13.0 Å². The molecule has 0 fully saturated rings. The monoisotopic (exact) mass is 236 g/mol.